The predicted octanol–water partition coefficient (Wildman–Crippen LogP) is 1.01. The number of fused-ring (bicyclic) bond motifs is 1. The van der Waals surface area contributed by atoms with Crippen molar-refractivity contribution in [2.75, 3.05) is 18.9 Å². The number of phosphoric ester groups is 1. The third-order valence-electron chi connectivity index (χ3n) is 5.97. The highest BCUT2D eigenvalue weighted by molar-refractivity contribution is 7.48. The Labute approximate surface area is 193 Å². The third-order valence-corrected chi connectivity index (χ3v) is 7.44. The average Bonchev–Trinajstić information content (AvgIpc) is 3.32. The largest absolute Gasteiger partial charge is 0.475 e. The van der Waals surface area contributed by atoms with Crippen molar-refractivity contribution >= 4 is 24.8 Å². The first kappa shape index (κ1) is 23.1. The Hall–Kier alpha value is -2.64. The summed E-state index contributed by atoms with van der Waals surface area (Å²) in [6.45, 7) is 1.14. The summed E-state index contributed by atoms with van der Waals surface area (Å²) < 4.78 is 36.7. The number of pyridine rings is 1. The standard InChI is InChI=1S/C20H24N5O8P/c1-20(28)15(26)14(32-18(20)25-8-4-12-16(25)23-19(21)24-17(12)27)10-31-34(29)30-9-5-13(33-34)11-2-6-22-7-3-11/h2-4,6-8,13-15,18,26,28H,5,9-10H2,1H3,(H3,21,23,24,27)/t13-,14+,15+,18+,20+,34?/m0/s1. The van der Waals surface area contributed by atoms with E-state index in [-0.39, 0.29) is 30.2 Å². The third kappa shape index (κ3) is 4.05. The van der Waals surface area contributed by atoms with E-state index in [2.05, 4.69) is 15.0 Å². The van der Waals surface area contributed by atoms with E-state index < -0.39 is 43.5 Å². The quantitative estimate of drug-likeness (QED) is 0.372. The van der Waals surface area contributed by atoms with Gasteiger partial charge >= 0.3 is 7.82 Å². The number of phosphoric acid groups is 1. The van der Waals surface area contributed by atoms with E-state index in [4.69, 9.17) is 24.0 Å². The Morgan fingerprint density at radius 1 is 1.38 bits per heavy atom. The molecule has 5 rings (SSSR count). The second-order valence-corrected chi connectivity index (χ2v) is 9.97. The van der Waals surface area contributed by atoms with E-state index in [0.29, 0.717) is 6.42 Å². The Kier molecular flexibility index (Phi) is 5.81. The lowest BCUT2D eigenvalue weighted by Gasteiger charge is -2.30. The van der Waals surface area contributed by atoms with Crippen molar-refractivity contribution in [1.29, 1.82) is 0 Å². The van der Waals surface area contributed by atoms with Crippen LogP contribution in [0.25, 0.3) is 11.0 Å². The Balaban J connectivity index is 1.33. The molecule has 2 aliphatic rings. The molecule has 14 heteroatoms. The van der Waals surface area contributed by atoms with Crippen LogP contribution >= 0.6 is 7.82 Å². The topological polar surface area (TPSA) is 184 Å². The number of aromatic nitrogens is 4. The normalized spacial score (nSPS) is 34.0. The number of hydrogen-bond acceptors (Lipinski definition) is 11. The molecule has 2 saturated heterocycles. The van der Waals surface area contributed by atoms with Gasteiger partial charge in [0.25, 0.3) is 5.56 Å². The average molecular weight is 493 g/mol. The van der Waals surface area contributed by atoms with Crippen LogP contribution < -0.4 is 11.3 Å². The minimum Gasteiger partial charge on any atom is -0.387 e. The molecule has 3 aromatic heterocycles. The molecule has 13 nitrogen and oxygen atoms in total. The Morgan fingerprint density at radius 3 is 2.91 bits per heavy atom. The van der Waals surface area contributed by atoms with Gasteiger partial charge in [0.15, 0.2) is 11.9 Å². The molecule has 5 N–H and O–H groups in total. The number of nitrogens with zero attached hydrogens (tertiary/aromatic N) is 3. The molecule has 0 amide bonds. The summed E-state index contributed by atoms with van der Waals surface area (Å²) in [5.41, 5.74) is 4.36. The predicted molar refractivity (Wildman–Crippen MR) is 117 cm³/mol. The lowest BCUT2D eigenvalue weighted by Crippen LogP contribution is -2.44. The number of aliphatic hydroxyl groups excluding tert-OH is 1. The van der Waals surface area contributed by atoms with Crippen LogP contribution in [-0.4, -0.2) is 60.8 Å². The summed E-state index contributed by atoms with van der Waals surface area (Å²) in [5, 5.41) is 22.0. The van der Waals surface area contributed by atoms with Gasteiger partial charge in [-0.05, 0) is 30.7 Å². The number of anilines is 1. The molecule has 0 spiro atoms. The molecule has 2 fully saturated rings. The van der Waals surface area contributed by atoms with E-state index in [9.17, 15) is 19.6 Å². The summed E-state index contributed by atoms with van der Waals surface area (Å²) in [4.78, 5) is 22.6. The van der Waals surface area contributed by atoms with Gasteiger partial charge in [0.2, 0.25) is 5.95 Å². The Bertz CT molecular complexity index is 1300. The molecular formula is C20H24N5O8P. The van der Waals surface area contributed by atoms with Crippen molar-refractivity contribution in [1.82, 2.24) is 19.5 Å². The summed E-state index contributed by atoms with van der Waals surface area (Å²) >= 11 is 0. The van der Waals surface area contributed by atoms with E-state index in [1.165, 1.54) is 23.8 Å². The molecule has 1 unspecified atom stereocenters. The molecule has 6 atom stereocenters. The van der Waals surface area contributed by atoms with Crippen molar-refractivity contribution in [2.24, 2.45) is 0 Å². The molecule has 0 aliphatic carbocycles. The molecular weight excluding hydrogens is 469 g/mol. The van der Waals surface area contributed by atoms with Crippen molar-refractivity contribution in [2.45, 2.75) is 43.5 Å². The SMILES string of the molecule is C[C@@]1(O)[C@H](O)[C@@H](COP2(=O)OCC[C@@H](c3ccncc3)O2)O[C@H]1n1ccc2c(=O)[nH]c(N)nc21. The van der Waals surface area contributed by atoms with E-state index >= 15 is 0 Å². The van der Waals surface area contributed by atoms with Gasteiger partial charge in [-0.2, -0.15) is 4.98 Å². The first-order chi connectivity index (χ1) is 16.2. The zero-order valence-corrected chi connectivity index (χ0v) is 19.0. The maximum atomic E-state index is 13.1. The van der Waals surface area contributed by atoms with Crippen molar-refractivity contribution in [3.05, 3.63) is 52.7 Å². The lowest BCUT2D eigenvalue weighted by molar-refractivity contribution is -0.0950. The molecule has 0 bridgehead atoms. The molecule has 0 aromatic carbocycles. The summed E-state index contributed by atoms with van der Waals surface area (Å²) in [5.74, 6) is -0.107. The lowest BCUT2D eigenvalue weighted by atomic mass is 9.96. The molecule has 182 valence electrons. The number of aliphatic hydroxyl groups is 2. The van der Waals surface area contributed by atoms with Crippen LogP contribution in [0.5, 0.6) is 0 Å². The maximum absolute atomic E-state index is 13.1. The van der Waals surface area contributed by atoms with Gasteiger partial charge in [-0.3, -0.25) is 28.3 Å². The van der Waals surface area contributed by atoms with E-state index in [1.54, 1.807) is 24.5 Å². The number of nitrogens with two attached hydrogens (primary N) is 1. The van der Waals surface area contributed by atoms with Crippen LogP contribution in [0.1, 0.15) is 31.2 Å². The fourth-order valence-corrected chi connectivity index (χ4v) is 5.57. The highest BCUT2D eigenvalue weighted by Crippen LogP contribution is 2.57. The van der Waals surface area contributed by atoms with Gasteiger partial charge in [-0.25, -0.2) is 4.57 Å². The number of H-pyrrole nitrogens is 1. The summed E-state index contributed by atoms with van der Waals surface area (Å²) in [6.07, 6.45) is 1.02. The summed E-state index contributed by atoms with van der Waals surface area (Å²) in [7, 11) is -3.96. The molecule has 5 heterocycles. The molecule has 0 saturated carbocycles. The van der Waals surface area contributed by atoms with E-state index in [0.717, 1.165) is 5.56 Å². The fraction of sp³-hybridized carbons (Fsp3) is 0.450. The fourth-order valence-electron chi connectivity index (χ4n) is 4.18. The van der Waals surface area contributed by atoms with Crippen LogP contribution in [0.3, 0.4) is 0 Å². The molecule has 2 aliphatic heterocycles. The number of aromatic amines is 1. The zero-order chi connectivity index (χ0) is 24.1. The Morgan fingerprint density at radius 2 is 2.15 bits per heavy atom. The second-order valence-electron chi connectivity index (χ2n) is 8.35. The van der Waals surface area contributed by atoms with Gasteiger partial charge in [-0.1, -0.05) is 0 Å². The van der Waals surface area contributed by atoms with Crippen molar-refractivity contribution in [3.8, 4) is 0 Å². The maximum Gasteiger partial charge on any atom is 0.475 e. The monoisotopic (exact) mass is 493 g/mol. The van der Waals surface area contributed by atoms with E-state index in [1.807, 2.05) is 0 Å². The molecule has 0 radical (unpaired) electrons. The second kappa shape index (κ2) is 8.54. The smallest absolute Gasteiger partial charge is 0.387 e. The van der Waals surface area contributed by atoms with Crippen molar-refractivity contribution < 1.29 is 33.1 Å². The van der Waals surface area contributed by atoms with Crippen LogP contribution in [0, 0.1) is 0 Å². The van der Waals surface area contributed by atoms with Gasteiger partial charge in [0.1, 0.15) is 17.8 Å². The number of hydrogen-bond donors (Lipinski definition) is 4. The van der Waals surface area contributed by atoms with Crippen LogP contribution in [-0.2, 0) is 22.9 Å². The minimum atomic E-state index is -3.96. The van der Waals surface area contributed by atoms with Gasteiger partial charge in [-0.15, -0.1) is 0 Å². The number of nitrogen functional groups attached to an aromatic ring is 1. The van der Waals surface area contributed by atoms with Crippen LogP contribution in [0.2, 0.25) is 0 Å². The first-order valence-corrected chi connectivity index (χ1v) is 12.0. The number of rotatable bonds is 5. The van der Waals surface area contributed by atoms with Gasteiger partial charge in [0.05, 0.1) is 24.7 Å². The van der Waals surface area contributed by atoms with Gasteiger partial charge < -0.3 is 25.3 Å². The minimum absolute atomic E-state index is 0.107. The van der Waals surface area contributed by atoms with Crippen LogP contribution in [0.15, 0.2) is 41.6 Å². The van der Waals surface area contributed by atoms with Crippen molar-refractivity contribution in [3.63, 3.8) is 0 Å². The zero-order valence-electron chi connectivity index (χ0n) is 18.1. The van der Waals surface area contributed by atoms with Crippen LogP contribution in [0.4, 0.5) is 5.95 Å². The molecule has 34 heavy (non-hydrogen) atoms. The number of nitrogens with one attached hydrogen (secondary N) is 1. The molecule has 3 aromatic rings. The highest BCUT2D eigenvalue weighted by atomic mass is 31.2. The van der Waals surface area contributed by atoms with Gasteiger partial charge in [0, 0.05) is 25.0 Å². The first-order valence-electron chi connectivity index (χ1n) is 10.6. The number of ether oxygens (including phenoxy) is 1. The summed E-state index contributed by atoms with van der Waals surface area (Å²) in [6, 6.07) is 5.00. The highest BCUT2D eigenvalue weighted by Gasteiger charge is 2.54.